The number of fused-ring (bicyclic) bond motifs is 1. The van der Waals surface area contributed by atoms with E-state index in [9.17, 15) is 9.18 Å². The number of carbonyl (C=O) groups is 1. The molecule has 0 fully saturated rings. The fourth-order valence-electron chi connectivity index (χ4n) is 3.67. The Hall–Kier alpha value is -3.25. The van der Waals surface area contributed by atoms with Gasteiger partial charge in [0.15, 0.2) is 17.6 Å². The summed E-state index contributed by atoms with van der Waals surface area (Å²) in [5.41, 5.74) is 1.74. The van der Waals surface area contributed by atoms with E-state index < -0.39 is 0 Å². The second kappa shape index (κ2) is 10.6. The smallest absolute Gasteiger partial charge is 0.306 e. The van der Waals surface area contributed by atoms with Crippen LogP contribution in [-0.4, -0.2) is 31.9 Å². The molecule has 7 heteroatoms. The first-order chi connectivity index (χ1) is 16.0. The van der Waals surface area contributed by atoms with Crippen molar-refractivity contribution in [2.45, 2.75) is 25.4 Å². The fourth-order valence-corrected chi connectivity index (χ4v) is 3.83. The zero-order valence-electron chi connectivity index (χ0n) is 18.1. The molecule has 1 aliphatic rings. The minimum Gasteiger partial charge on any atom is -0.490 e. The Bertz CT molecular complexity index is 1080. The van der Waals surface area contributed by atoms with E-state index in [4.69, 9.17) is 30.5 Å². The topological polar surface area (TPSA) is 54.0 Å². The molecular formula is C26H24ClFO5. The van der Waals surface area contributed by atoms with Crippen molar-refractivity contribution in [1.82, 2.24) is 0 Å². The van der Waals surface area contributed by atoms with Crippen LogP contribution in [0.3, 0.4) is 0 Å². The summed E-state index contributed by atoms with van der Waals surface area (Å²) in [5, 5.41) is 0.577. The second-order valence-corrected chi connectivity index (χ2v) is 8.07. The second-order valence-electron chi connectivity index (χ2n) is 7.64. The molecule has 0 bridgehead atoms. The van der Waals surface area contributed by atoms with Crippen molar-refractivity contribution in [3.8, 4) is 17.2 Å². The molecule has 0 aromatic heterocycles. The van der Waals surface area contributed by atoms with Gasteiger partial charge in [-0.15, -0.1) is 0 Å². The highest BCUT2D eigenvalue weighted by molar-refractivity contribution is 6.30. The van der Waals surface area contributed by atoms with Crippen LogP contribution in [-0.2, 0) is 9.53 Å². The maximum atomic E-state index is 13.4. The van der Waals surface area contributed by atoms with Crippen LogP contribution in [0, 0.1) is 5.82 Å². The zero-order valence-corrected chi connectivity index (χ0v) is 18.9. The molecule has 4 rings (SSSR count). The van der Waals surface area contributed by atoms with Crippen LogP contribution < -0.4 is 14.2 Å². The van der Waals surface area contributed by atoms with Gasteiger partial charge in [0.2, 0.25) is 0 Å². The van der Waals surface area contributed by atoms with E-state index in [-0.39, 0.29) is 30.2 Å². The fraction of sp³-hybridized carbons (Fsp3) is 0.269. The molecule has 1 heterocycles. The summed E-state index contributed by atoms with van der Waals surface area (Å²) in [6.07, 6.45) is -0.110. The largest absolute Gasteiger partial charge is 0.490 e. The van der Waals surface area contributed by atoms with Gasteiger partial charge in [0, 0.05) is 17.0 Å². The Balaban J connectivity index is 1.42. The number of hydrogen-bond acceptors (Lipinski definition) is 5. The van der Waals surface area contributed by atoms with Gasteiger partial charge in [0.1, 0.15) is 24.8 Å². The average Bonchev–Trinajstić information content (AvgIpc) is 2.82. The van der Waals surface area contributed by atoms with Gasteiger partial charge in [0.05, 0.1) is 13.0 Å². The SMILES string of the molecule is CCOC(=O)CC(c1ccc(F)cc1)c1ccc(OCC2COc3ccc(Cl)cc3O2)cc1. The highest BCUT2D eigenvalue weighted by atomic mass is 35.5. The van der Waals surface area contributed by atoms with Gasteiger partial charge in [-0.1, -0.05) is 35.9 Å². The number of esters is 1. The van der Waals surface area contributed by atoms with Crippen LogP contribution in [0.2, 0.25) is 5.02 Å². The number of hydrogen-bond donors (Lipinski definition) is 0. The van der Waals surface area contributed by atoms with E-state index in [0.717, 1.165) is 11.1 Å². The lowest BCUT2D eigenvalue weighted by Crippen LogP contribution is -2.34. The Morgan fingerprint density at radius 2 is 1.76 bits per heavy atom. The number of ether oxygens (including phenoxy) is 4. The third-order valence-electron chi connectivity index (χ3n) is 5.29. The highest BCUT2D eigenvalue weighted by Gasteiger charge is 2.23. The standard InChI is InChI=1S/C26H24ClFO5/c1-2-30-26(29)14-23(17-3-8-20(28)9-4-17)18-5-10-21(11-6-18)31-15-22-16-32-24-12-7-19(27)13-25(24)33-22/h3-13,22-23H,2,14-16H2,1H3. The van der Waals surface area contributed by atoms with Gasteiger partial charge in [-0.25, -0.2) is 4.39 Å². The maximum Gasteiger partial charge on any atom is 0.306 e. The van der Waals surface area contributed by atoms with Crippen molar-refractivity contribution < 1.29 is 28.1 Å². The van der Waals surface area contributed by atoms with Crippen molar-refractivity contribution in [1.29, 1.82) is 0 Å². The van der Waals surface area contributed by atoms with Crippen molar-refractivity contribution in [3.05, 3.63) is 88.7 Å². The first-order valence-corrected chi connectivity index (χ1v) is 11.1. The molecule has 3 aromatic carbocycles. The summed E-state index contributed by atoms with van der Waals surface area (Å²) in [7, 11) is 0. The van der Waals surface area contributed by atoms with E-state index >= 15 is 0 Å². The van der Waals surface area contributed by atoms with Crippen molar-refractivity contribution in [3.63, 3.8) is 0 Å². The Kier molecular flexibility index (Phi) is 7.35. The third kappa shape index (κ3) is 5.96. The van der Waals surface area contributed by atoms with Crippen LogP contribution in [0.25, 0.3) is 0 Å². The van der Waals surface area contributed by atoms with Gasteiger partial charge in [0.25, 0.3) is 0 Å². The minimum absolute atomic E-state index is 0.162. The van der Waals surface area contributed by atoms with E-state index in [0.29, 0.717) is 42.1 Å². The molecule has 0 amide bonds. The summed E-state index contributed by atoms with van der Waals surface area (Å²) < 4.78 is 36.0. The monoisotopic (exact) mass is 470 g/mol. The molecule has 0 N–H and O–H groups in total. The maximum absolute atomic E-state index is 13.4. The molecule has 0 saturated carbocycles. The Morgan fingerprint density at radius 1 is 1.06 bits per heavy atom. The van der Waals surface area contributed by atoms with Crippen LogP contribution in [0.15, 0.2) is 66.7 Å². The molecule has 0 spiro atoms. The molecule has 0 saturated heterocycles. The van der Waals surface area contributed by atoms with Crippen LogP contribution in [0.4, 0.5) is 4.39 Å². The number of rotatable bonds is 8. The molecule has 33 heavy (non-hydrogen) atoms. The lowest BCUT2D eigenvalue weighted by atomic mass is 9.88. The van der Waals surface area contributed by atoms with E-state index in [1.807, 2.05) is 24.3 Å². The lowest BCUT2D eigenvalue weighted by molar-refractivity contribution is -0.143. The number of benzene rings is 3. The normalized spacial score (nSPS) is 15.5. The summed E-state index contributed by atoms with van der Waals surface area (Å²) in [4.78, 5) is 12.2. The van der Waals surface area contributed by atoms with Gasteiger partial charge < -0.3 is 18.9 Å². The first-order valence-electron chi connectivity index (χ1n) is 10.7. The molecule has 0 aliphatic carbocycles. The third-order valence-corrected chi connectivity index (χ3v) is 5.53. The van der Waals surface area contributed by atoms with Crippen LogP contribution >= 0.6 is 11.6 Å². The molecule has 0 radical (unpaired) electrons. The average molecular weight is 471 g/mol. The first kappa shape index (κ1) is 22.9. The molecule has 1 aliphatic heterocycles. The molecular weight excluding hydrogens is 447 g/mol. The van der Waals surface area contributed by atoms with Gasteiger partial charge >= 0.3 is 5.97 Å². The van der Waals surface area contributed by atoms with Crippen molar-refractivity contribution in [2.75, 3.05) is 19.8 Å². The minimum atomic E-state index is -0.323. The van der Waals surface area contributed by atoms with E-state index in [1.54, 1.807) is 37.3 Å². The molecule has 2 atom stereocenters. The van der Waals surface area contributed by atoms with Gasteiger partial charge in [-0.2, -0.15) is 0 Å². The zero-order chi connectivity index (χ0) is 23.2. The highest BCUT2D eigenvalue weighted by Crippen LogP contribution is 2.34. The quantitative estimate of drug-likeness (QED) is 0.390. The van der Waals surface area contributed by atoms with Crippen molar-refractivity contribution >= 4 is 17.6 Å². The van der Waals surface area contributed by atoms with Gasteiger partial charge in [-0.3, -0.25) is 4.79 Å². The molecule has 2 unspecified atom stereocenters. The summed E-state index contributed by atoms with van der Waals surface area (Å²) >= 11 is 6.02. The predicted octanol–water partition coefficient (Wildman–Crippen LogP) is 5.78. The van der Waals surface area contributed by atoms with E-state index in [2.05, 4.69) is 0 Å². The molecule has 5 nitrogen and oxygen atoms in total. The van der Waals surface area contributed by atoms with Crippen LogP contribution in [0.1, 0.15) is 30.4 Å². The van der Waals surface area contributed by atoms with Crippen LogP contribution in [0.5, 0.6) is 17.2 Å². The molecule has 172 valence electrons. The van der Waals surface area contributed by atoms with Gasteiger partial charge in [-0.05, 0) is 54.4 Å². The summed E-state index contributed by atoms with van der Waals surface area (Å²) in [6.45, 7) is 2.75. The van der Waals surface area contributed by atoms with E-state index in [1.165, 1.54) is 12.1 Å². The van der Waals surface area contributed by atoms with Crippen molar-refractivity contribution in [2.24, 2.45) is 0 Å². The number of carbonyl (C=O) groups excluding carboxylic acids is 1. The Morgan fingerprint density at radius 3 is 2.45 bits per heavy atom. The molecule has 3 aromatic rings. The predicted molar refractivity (Wildman–Crippen MR) is 123 cm³/mol. The summed E-state index contributed by atoms with van der Waals surface area (Å²) in [6, 6.07) is 18.9. The Labute approximate surface area is 197 Å². The summed E-state index contributed by atoms with van der Waals surface area (Å²) in [5.74, 6) is 1.04. The number of halogens is 2. The lowest BCUT2D eigenvalue weighted by Gasteiger charge is -2.26.